The number of aryl methyl sites for hydroxylation is 1. The van der Waals surface area contributed by atoms with Gasteiger partial charge in [-0.2, -0.15) is 0 Å². The molecule has 0 amide bonds. The van der Waals surface area contributed by atoms with Gasteiger partial charge in [0.2, 0.25) is 5.91 Å². The van der Waals surface area contributed by atoms with Crippen molar-refractivity contribution >= 4 is 11.9 Å². The van der Waals surface area contributed by atoms with Gasteiger partial charge in [-0.25, -0.2) is 14.2 Å². The highest BCUT2D eigenvalue weighted by molar-refractivity contribution is 5.96. The molecule has 6 nitrogen and oxygen atoms in total. The molecular weight excluding hydrogens is 392 g/mol. The molecule has 6 heteroatoms. The summed E-state index contributed by atoms with van der Waals surface area (Å²) in [6.07, 6.45) is 5.82. The average molecular weight is 421 g/mol. The summed E-state index contributed by atoms with van der Waals surface area (Å²) in [7, 11) is 0. The molecule has 3 aromatic rings. The molecule has 0 fully saturated rings. The molecule has 0 aliphatic rings. The number of carboxylic acid groups (broad SMARTS) is 1. The molecule has 0 radical (unpaired) electrons. The largest absolute Gasteiger partial charge is 0.478 e. The van der Waals surface area contributed by atoms with Crippen LogP contribution in [0.5, 0.6) is 0 Å². The molecule has 1 aromatic heterocycles. The minimum atomic E-state index is -0.968. The Balaban J connectivity index is 1.90. The van der Waals surface area contributed by atoms with E-state index in [1.807, 2.05) is 30.3 Å². The number of hydrogen-bond acceptors (Lipinski definition) is 3. The molecule has 0 saturated heterocycles. The molecule has 0 atom stereocenters. The standard InChI is InChI=1S/C25H28N2O4/c1-3-5-6-9-20-17-27(23(28)4-2)25(31)26(20)16-18-12-14-19(15-13-18)21-10-7-8-11-22(21)24(29)30/h7-8,10-15,17H,3-6,9,16H2,1-2H3,(H,29,30). The van der Waals surface area contributed by atoms with Crippen LogP contribution < -0.4 is 5.69 Å². The van der Waals surface area contributed by atoms with Gasteiger partial charge in [0, 0.05) is 18.3 Å². The number of rotatable bonds is 9. The van der Waals surface area contributed by atoms with Gasteiger partial charge in [-0.3, -0.25) is 9.36 Å². The number of nitrogens with zero attached hydrogens (tertiary/aromatic N) is 2. The normalized spacial score (nSPS) is 10.9. The third kappa shape index (κ3) is 5.02. The van der Waals surface area contributed by atoms with Gasteiger partial charge in [-0.05, 0) is 35.6 Å². The van der Waals surface area contributed by atoms with Crippen molar-refractivity contribution in [1.29, 1.82) is 0 Å². The Kier molecular flexibility index (Phi) is 7.23. The van der Waals surface area contributed by atoms with Crippen molar-refractivity contribution in [1.82, 2.24) is 9.13 Å². The van der Waals surface area contributed by atoms with E-state index in [4.69, 9.17) is 0 Å². The van der Waals surface area contributed by atoms with Crippen LogP contribution in [-0.4, -0.2) is 26.1 Å². The Morgan fingerprint density at radius 3 is 2.32 bits per heavy atom. The van der Waals surface area contributed by atoms with Crippen LogP contribution in [0.15, 0.2) is 59.5 Å². The fourth-order valence-corrected chi connectivity index (χ4v) is 3.69. The molecule has 1 heterocycles. The summed E-state index contributed by atoms with van der Waals surface area (Å²) in [6.45, 7) is 4.24. The van der Waals surface area contributed by atoms with E-state index in [0.717, 1.165) is 42.5 Å². The van der Waals surface area contributed by atoms with Crippen molar-refractivity contribution in [2.45, 2.75) is 52.5 Å². The number of imidazole rings is 1. The summed E-state index contributed by atoms with van der Waals surface area (Å²) in [5.41, 5.74) is 3.17. The molecule has 162 valence electrons. The van der Waals surface area contributed by atoms with Gasteiger partial charge in [-0.1, -0.05) is 69.2 Å². The predicted molar refractivity (Wildman–Crippen MR) is 121 cm³/mol. The van der Waals surface area contributed by atoms with Crippen LogP contribution in [0.25, 0.3) is 11.1 Å². The SMILES string of the molecule is CCCCCc1cn(C(=O)CC)c(=O)n1Cc1ccc(-c2ccccc2C(=O)O)cc1. The van der Waals surface area contributed by atoms with E-state index in [9.17, 15) is 19.5 Å². The van der Waals surface area contributed by atoms with Crippen LogP contribution in [0.3, 0.4) is 0 Å². The number of carbonyl (C=O) groups excluding carboxylic acids is 1. The molecule has 0 aliphatic heterocycles. The average Bonchev–Trinajstić information content (AvgIpc) is 3.09. The minimum absolute atomic E-state index is 0.207. The van der Waals surface area contributed by atoms with Crippen molar-refractivity contribution in [3.63, 3.8) is 0 Å². The first-order chi connectivity index (χ1) is 15.0. The molecule has 0 spiro atoms. The molecule has 2 aromatic carbocycles. The van der Waals surface area contributed by atoms with Gasteiger partial charge < -0.3 is 5.11 Å². The second kappa shape index (κ2) is 10.1. The fourth-order valence-electron chi connectivity index (χ4n) is 3.69. The maximum atomic E-state index is 12.9. The summed E-state index contributed by atoms with van der Waals surface area (Å²) < 4.78 is 2.89. The Bertz CT molecular complexity index is 1120. The molecular formula is C25H28N2O4. The van der Waals surface area contributed by atoms with Crippen LogP contribution >= 0.6 is 0 Å². The van der Waals surface area contributed by atoms with E-state index >= 15 is 0 Å². The first kappa shape index (κ1) is 22.3. The monoisotopic (exact) mass is 420 g/mol. The third-order valence-corrected chi connectivity index (χ3v) is 5.43. The summed E-state index contributed by atoms with van der Waals surface area (Å²) in [6, 6.07) is 14.4. The maximum absolute atomic E-state index is 12.9. The zero-order valence-corrected chi connectivity index (χ0v) is 18.0. The maximum Gasteiger partial charge on any atom is 0.336 e. The van der Waals surface area contributed by atoms with Crippen LogP contribution in [0.2, 0.25) is 0 Å². The lowest BCUT2D eigenvalue weighted by Gasteiger charge is -2.10. The summed E-state index contributed by atoms with van der Waals surface area (Å²) in [5.74, 6) is -1.18. The predicted octanol–water partition coefficient (Wildman–Crippen LogP) is 4.85. The van der Waals surface area contributed by atoms with Gasteiger partial charge in [0.25, 0.3) is 0 Å². The van der Waals surface area contributed by atoms with Gasteiger partial charge in [-0.15, -0.1) is 0 Å². The molecule has 0 bridgehead atoms. The second-order valence-corrected chi connectivity index (χ2v) is 7.61. The number of unbranched alkanes of at least 4 members (excludes halogenated alkanes) is 2. The van der Waals surface area contributed by atoms with Crippen molar-refractivity contribution in [2.24, 2.45) is 0 Å². The van der Waals surface area contributed by atoms with Gasteiger partial charge in [0.05, 0.1) is 12.1 Å². The Hall–Kier alpha value is -3.41. The number of carboxylic acids is 1. The van der Waals surface area contributed by atoms with Gasteiger partial charge in [0.15, 0.2) is 0 Å². The van der Waals surface area contributed by atoms with Crippen molar-refractivity contribution < 1.29 is 14.7 Å². The molecule has 0 unspecified atom stereocenters. The van der Waals surface area contributed by atoms with Crippen LogP contribution in [0.1, 0.15) is 65.9 Å². The first-order valence-electron chi connectivity index (χ1n) is 10.7. The Morgan fingerprint density at radius 1 is 0.968 bits per heavy atom. The van der Waals surface area contributed by atoms with E-state index in [1.165, 1.54) is 4.57 Å². The highest BCUT2D eigenvalue weighted by Gasteiger charge is 2.16. The fraction of sp³-hybridized carbons (Fsp3) is 0.320. The first-order valence-corrected chi connectivity index (χ1v) is 10.7. The summed E-state index contributed by atoms with van der Waals surface area (Å²) in [5, 5.41) is 9.43. The lowest BCUT2D eigenvalue weighted by molar-refractivity contribution is 0.0697. The van der Waals surface area contributed by atoms with Crippen molar-refractivity contribution in [3.8, 4) is 11.1 Å². The summed E-state index contributed by atoms with van der Waals surface area (Å²) in [4.78, 5) is 36.5. The zero-order chi connectivity index (χ0) is 22.4. The van der Waals surface area contributed by atoms with E-state index in [0.29, 0.717) is 12.1 Å². The smallest absolute Gasteiger partial charge is 0.336 e. The van der Waals surface area contributed by atoms with Crippen LogP contribution in [0, 0.1) is 0 Å². The summed E-state index contributed by atoms with van der Waals surface area (Å²) >= 11 is 0. The number of hydrogen-bond donors (Lipinski definition) is 1. The van der Waals surface area contributed by atoms with Crippen LogP contribution in [0.4, 0.5) is 0 Å². The highest BCUT2D eigenvalue weighted by Crippen LogP contribution is 2.24. The number of aromatic carboxylic acids is 1. The van der Waals surface area contributed by atoms with E-state index in [1.54, 1.807) is 35.9 Å². The van der Waals surface area contributed by atoms with E-state index < -0.39 is 5.97 Å². The van der Waals surface area contributed by atoms with Gasteiger partial charge in [0.1, 0.15) is 0 Å². The third-order valence-electron chi connectivity index (χ3n) is 5.43. The highest BCUT2D eigenvalue weighted by atomic mass is 16.4. The van der Waals surface area contributed by atoms with E-state index in [-0.39, 0.29) is 23.6 Å². The second-order valence-electron chi connectivity index (χ2n) is 7.61. The van der Waals surface area contributed by atoms with Crippen LogP contribution in [-0.2, 0) is 13.0 Å². The van der Waals surface area contributed by atoms with Crippen molar-refractivity contribution in [2.75, 3.05) is 0 Å². The minimum Gasteiger partial charge on any atom is -0.478 e. The Labute approximate surface area is 181 Å². The van der Waals surface area contributed by atoms with Crippen molar-refractivity contribution in [3.05, 3.63) is 82.0 Å². The number of aromatic nitrogens is 2. The molecule has 0 saturated carbocycles. The molecule has 1 N–H and O–H groups in total. The number of benzene rings is 2. The molecule has 3 rings (SSSR count). The lowest BCUT2D eigenvalue weighted by atomic mass is 9.99. The lowest BCUT2D eigenvalue weighted by Crippen LogP contribution is -2.29. The molecule has 0 aliphatic carbocycles. The van der Waals surface area contributed by atoms with E-state index in [2.05, 4.69) is 6.92 Å². The quantitative estimate of drug-likeness (QED) is 0.502. The Morgan fingerprint density at radius 2 is 1.68 bits per heavy atom. The number of carbonyl (C=O) groups is 2. The topological polar surface area (TPSA) is 81.3 Å². The zero-order valence-electron chi connectivity index (χ0n) is 18.0. The van der Waals surface area contributed by atoms with Gasteiger partial charge >= 0.3 is 11.7 Å². The molecule has 31 heavy (non-hydrogen) atoms.